The van der Waals surface area contributed by atoms with Crippen molar-refractivity contribution in [2.24, 2.45) is 5.92 Å². The number of rotatable bonds is 8. The zero-order chi connectivity index (χ0) is 20.1. The second-order valence-corrected chi connectivity index (χ2v) is 7.66. The van der Waals surface area contributed by atoms with Crippen molar-refractivity contribution >= 4 is 18.0 Å². The Hall–Kier alpha value is -2.55. The monoisotopic (exact) mass is 371 g/mol. The number of ether oxygens (including phenoxy) is 1. The number of hydrogen-bond donors (Lipinski definition) is 1. The van der Waals surface area contributed by atoms with E-state index >= 15 is 0 Å². The molecule has 6 heteroatoms. The van der Waals surface area contributed by atoms with Crippen molar-refractivity contribution in [2.75, 3.05) is 0 Å². The Labute approximate surface area is 161 Å². The van der Waals surface area contributed by atoms with E-state index in [4.69, 9.17) is 4.74 Å². The van der Waals surface area contributed by atoms with Gasteiger partial charge in [-0.2, -0.15) is 5.26 Å². The van der Waals surface area contributed by atoms with Crippen molar-refractivity contribution < 1.29 is 14.3 Å². The van der Waals surface area contributed by atoms with Crippen molar-refractivity contribution in [3.05, 3.63) is 28.6 Å². The van der Waals surface area contributed by atoms with E-state index in [2.05, 4.69) is 23.7 Å². The molecule has 1 saturated carbocycles. The number of nitrogens with zero attached hydrogens (tertiary/aromatic N) is 2. The first kappa shape index (κ1) is 20.8. The number of carbonyl (C=O) groups is 2. The van der Waals surface area contributed by atoms with Gasteiger partial charge < -0.3 is 14.6 Å². The summed E-state index contributed by atoms with van der Waals surface area (Å²) in [5.41, 5.74) is 2.81. The number of nitriles is 1. The first-order valence-corrected chi connectivity index (χ1v) is 9.52. The molecule has 2 rings (SSSR count). The van der Waals surface area contributed by atoms with Crippen LogP contribution in [0.25, 0.3) is 6.08 Å². The van der Waals surface area contributed by atoms with Crippen molar-refractivity contribution in [3.8, 4) is 6.07 Å². The third-order valence-corrected chi connectivity index (χ3v) is 4.76. The molecule has 146 valence electrons. The molecule has 0 aliphatic heterocycles. The van der Waals surface area contributed by atoms with E-state index in [1.807, 2.05) is 26.0 Å². The van der Waals surface area contributed by atoms with Crippen molar-refractivity contribution in [1.29, 1.82) is 5.26 Å². The molecule has 1 atom stereocenters. The smallest absolute Gasteiger partial charge is 0.349 e. The first-order valence-electron chi connectivity index (χ1n) is 9.52. The number of aryl methyl sites for hydroxylation is 1. The number of amides is 1. The van der Waals surface area contributed by atoms with E-state index in [1.165, 1.54) is 6.92 Å². The summed E-state index contributed by atoms with van der Waals surface area (Å²) in [6.45, 7) is 10.8. The van der Waals surface area contributed by atoms with Crippen LogP contribution in [-0.2, 0) is 20.9 Å². The standard InChI is InChI=1S/C21H29N3O3/c1-13(2)8-9-24-14(3)10-17(15(24)4)11-18(12-22)21(26)27-16(5)20(25)23-19-6-7-19/h10-11,13,16,19H,6-9H2,1-5H3,(H,23,25)/b18-11+/t16-/m1/s1. The number of nitrogens with one attached hydrogen (secondary N) is 1. The summed E-state index contributed by atoms with van der Waals surface area (Å²) >= 11 is 0. The molecule has 1 aliphatic carbocycles. The largest absolute Gasteiger partial charge is 0.448 e. The van der Waals surface area contributed by atoms with Gasteiger partial charge in [0.2, 0.25) is 0 Å². The Morgan fingerprint density at radius 3 is 2.59 bits per heavy atom. The Balaban J connectivity index is 2.10. The molecule has 1 aliphatic rings. The lowest BCUT2D eigenvalue weighted by atomic mass is 10.1. The lowest BCUT2D eigenvalue weighted by Gasteiger charge is -2.13. The highest BCUT2D eigenvalue weighted by Gasteiger charge is 2.28. The summed E-state index contributed by atoms with van der Waals surface area (Å²) in [5.74, 6) is -0.504. The van der Waals surface area contributed by atoms with Gasteiger partial charge in [0.05, 0.1) is 0 Å². The average molecular weight is 371 g/mol. The molecular weight excluding hydrogens is 342 g/mol. The second kappa shape index (κ2) is 8.90. The van der Waals surface area contributed by atoms with Gasteiger partial charge in [0.1, 0.15) is 11.6 Å². The normalized spacial score (nSPS) is 15.4. The van der Waals surface area contributed by atoms with Crippen LogP contribution in [0.2, 0.25) is 0 Å². The molecule has 1 amide bonds. The van der Waals surface area contributed by atoms with Crippen LogP contribution in [0.4, 0.5) is 0 Å². The predicted octanol–water partition coefficient (Wildman–Crippen LogP) is 3.27. The van der Waals surface area contributed by atoms with Gasteiger partial charge >= 0.3 is 5.97 Å². The van der Waals surface area contributed by atoms with Crippen LogP contribution < -0.4 is 5.32 Å². The minimum Gasteiger partial charge on any atom is -0.448 e. The molecule has 1 aromatic heterocycles. The summed E-state index contributed by atoms with van der Waals surface area (Å²) < 4.78 is 7.37. The topological polar surface area (TPSA) is 84.1 Å². The van der Waals surface area contributed by atoms with Crippen LogP contribution in [-0.4, -0.2) is 28.6 Å². The van der Waals surface area contributed by atoms with Crippen molar-refractivity contribution in [1.82, 2.24) is 9.88 Å². The summed E-state index contributed by atoms with van der Waals surface area (Å²) in [7, 11) is 0. The van der Waals surface area contributed by atoms with E-state index in [0.29, 0.717) is 5.92 Å². The first-order chi connectivity index (χ1) is 12.7. The zero-order valence-corrected chi connectivity index (χ0v) is 16.8. The highest BCUT2D eigenvalue weighted by Crippen LogP contribution is 2.21. The quantitative estimate of drug-likeness (QED) is 0.432. The van der Waals surface area contributed by atoms with Gasteiger partial charge in [0.25, 0.3) is 5.91 Å². The summed E-state index contributed by atoms with van der Waals surface area (Å²) in [6, 6.07) is 4.06. The Kier molecular flexibility index (Phi) is 6.84. The fourth-order valence-corrected chi connectivity index (χ4v) is 2.82. The molecule has 1 aromatic rings. The molecule has 0 unspecified atom stereocenters. The summed E-state index contributed by atoms with van der Waals surface area (Å²) in [5, 5.41) is 12.2. The van der Waals surface area contributed by atoms with E-state index in [-0.39, 0.29) is 17.5 Å². The molecule has 0 spiro atoms. The highest BCUT2D eigenvalue weighted by molar-refractivity contribution is 5.99. The fraction of sp³-hybridized carbons (Fsp3) is 0.571. The van der Waals surface area contributed by atoms with Crippen molar-refractivity contribution in [3.63, 3.8) is 0 Å². The van der Waals surface area contributed by atoms with Gasteiger partial charge in [-0.3, -0.25) is 4.79 Å². The fourth-order valence-electron chi connectivity index (χ4n) is 2.82. The molecule has 27 heavy (non-hydrogen) atoms. The van der Waals surface area contributed by atoms with E-state index in [0.717, 1.165) is 42.8 Å². The molecule has 0 radical (unpaired) electrons. The molecule has 1 fully saturated rings. The SMILES string of the molecule is Cc1cc(/C=C(\C#N)C(=O)O[C@H](C)C(=O)NC2CC2)c(C)n1CCC(C)C. The van der Waals surface area contributed by atoms with Gasteiger partial charge in [0, 0.05) is 24.0 Å². The molecule has 6 nitrogen and oxygen atoms in total. The number of esters is 1. The lowest BCUT2D eigenvalue weighted by Crippen LogP contribution is -2.37. The third kappa shape index (κ3) is 5.72. The predicted molar refractivity (Wildman–Crippen MR) is 104 cm³/mol. The molecule has 1 N–H and O–H groups in total. The van der Waals surface area contributed by atoms with Crippen LogP contribution in [0.3, 0.4) is 0 Å². The van der Waals surface area contributed by atoms with Crippen LogP contribution in [0, 0.1) is 31.1 Å². The van der Waals surface area contributed by atoms with Gasteiger partial charge in [0.15, 0.2) is 6.10 Å². The summed E-state index contributed by atoms with van der Waals surface area (Å²) in [4.78, 5) is 24.2. The second-order valence-electron chi connectivity index (χ2n) is 7.66. The molecular formula is C21H29N3O3. The number of aromatic nitrogens is 1. The number of carbonyl (C=O) groups excluding carboxylic acids is 2. The lowest BCUT2D eigenvalue weighted by molar-refractivity contribution is -0.150. The third-order valence-electron chi connectivity index (χ3n) is 4.76. The van der Waals surface area contributed by atoms with Crippen LogP contribution in [0.15, 0.2) is 11.6 Å². The van der Waals surface area contributed by atoms with Crippen LogP contribution in [0.5, 0.6) is 0 Å². The van der Waals surface area contributed by atoms with Gasteiger partial charge in [-0.05, 0) is 63.7 Å². The van der Waals surface area contributed by atoms with Gasteiger partial charge in [-0.15, -0.1) is 0 Å². The van der Waals surface area contributed by atoms with Crippen LogP contribution in [0.1, 0.15) is 57.0 Å². The maximum atomic E-state index is 12.3. The Morgan fingerprint density at radius 2 is 2.04 bits per heavy atom. The molecule has 1 heterocycles. The summed E-state index contributed by atoms with van der Waals surface area (Å²) in [6.07, 6.45) is 3.60. The molecule has 0 saturated heterocycles. The Bertz CT molecular complexity index is 779. The van der Waals surface area contributed by atoms with E-state index in [1.54, 1.807) is 6.08 Å². The molecule has 0 bridgehead atoms. The van der Waals surface area contributed by atoms with E-state index < -0.39 is 12.1 Å². The maximum absolute atomic E-state index is 12.3. The number of hydrogen-bond acceptors (Lipinski definition) is 4. The van der Waals surface area contributed by atoms with Gasteiger partial charge in [-0.1, -0.05) is 13.8 Å². The zero-order valence-electron chi connectivity index (χ0n) is 16.8. The minimum atomic E-state index is -0.923. The van der Waals surface area contributed by atoms with Crippen LogP contribution >= 0.6 is 0 Å². The minimum absolute atomic E-state index is 0.106. The Morgan fingerprint density at radius 1 is 1.37 bits per heavy atom. The average Bonchev–Trinajstić information content (AvgIpc) is 3.37. The van der Waals surface area contributed by atoms with Crippen molar-refractivity contribution in [2.45, 2.75) is 72.6 Å². The highest BCUT2D eigenvalue weighted by atomic mass is 16.5. The van der Waals surface area contributed by atoms with E-state index in [9.17, 15) is 14.9 Å². The van der Waals surface area contributed by atoms with Gasteiger partial charge in [-0.25, -0.2) is 4.79 Å². The molecule has 0 aromatic carbocycles. The maximum Gasteiger partial charge on any atom is 0.349 e.